The highest BCUT2D eigenvalue weighted by Crippen LogP contribution is 2.33. The number of rotatable bonds is 3. The lowest BCUT2D eigenvalue weighted by Gasteiger charge is -2.26. The molecule has 0 aliphatic rings. The maximum absolute atomic E-state index is 13.4. The summed E-state index contributed by atoms with van der Waals surface area (Å²) in [5, 5.41) is 0.442. The molecule has 0 saturated heterocycles. The summed E-state index contributed by atoms with van der Waals surface area (Å²) in [6, 6.07) is 14.4. The number of fused-ring (bicyclic) bond motifs is 1. The molecule has 0 aliphatic heterocycles. The first kappa shape index (κ1) is 20.1. The summed E-state index contributed by atoms with van der Waals surface area (Å²) < 4.78 is 12.4. The molecule has 0 unspecified atom stereocenters. The van der Waals surface area contributed by atoms with Crippen molar-refractivity contribution < 1.29 is 13.9 Å². The van der Waals surface area contributed by atoms with Crippen molar-refractivity contribution in [2.75, 3.05) is 11.4 Å². The average molecular weight is 444 g/mol. The van der Waals surface area contributed by atoms with Crippen molar-refractivity contribution >= 4 is 38.9 Å². The van der Waals surface area contributed by atoms with Gasteiger partial charge in [0.1, 0.15) is 11.2 Å². The highest BCUT2D eigenvalue weighted by Gasteiger charge is 2.28. The van der Waals surface area contributed by atoms with Crippen molar-refractivity contribution in [1.29, 1.82) is 0 Å². The van der Waals surface area contributed by atoms with E-state index in [1.807, 2.05) is 37.3 Å². The summed E-state index contributed by atoms with van der Waals surface area (Å²) >= 11 is 3.40. The predicted molar refractivity (Wildman–Crippen MR) is 115 cm³/mol. The lowest BCUT2D eigenvalue weighted by molar-refractivity contribution is 0.0576. The molecule has 6 heteroatoms. The van der Waals surface area contributed by atoms with E-state index in [2.05, 4.69) is 15.9 Å². The fraction of sp³-hybridized carbons (Fsp3) is 0.273. The third-order valence-electron chi connectivity index (χ3n) is 4.07. The Morgan fingerprint density at radius 3 is 2.43 bits per heavy atom. The third kappa shape index (κ3) is 4.12. The summed E-state index contributed by atoms with van der Waals surface area (Å²) in [7, 11) is 0. The van der Waals surface area contributed by atoms with Crippen LogP contribution in [0, 0.1) is 0 Å². The van der Waals surface area contributed by atoms with Gasteiger partial charge in [-0.25, -0.2) is 9.69 Å². The molecule has 5 nitrogen and oxygen atoms in total. The number of hydrogen-bond donors (Lipinski definition) is 0. The second-order valence-corrected chi connectivity index (χ2v) is 8.26. The van der Waals surface area contributed by atoms with Crippen LogP contribution in [0.5, 0.6) is 0 Å². The van der Waals surface area contributed by atoms with E-state index in [0.717, 1.165) is 4.47 Å². The molecule has 146 valence electrons. The summed E-state index contributed by atoms with van der Waals surface area (Å²) in [5.41, 5.74) is 0.545. The van der Waals surface area contributed by atoms with Gasteiger partial charge in [0, 0.05) is 11.0 Å². The lowest BCUT2D eigenvalue weighted by Crippen LogP contribution is -2.37. The van der Waals surface area contributed by atoms with Crippen molar-refractivity contribution in [2.24, 2.45) is 0 Å². The quantitative estimate of drug-likeness (QED) is 0.499. The minimum Gasteiger partial charge on any atom is -0.443 e. The van der Waals surface area contributed by atoms with E-state index < -0.39 is 11.7 Å². The van der Waals surface area contributed by atoms with Crippen LogP contribution in [0.15, 0.2) is 62.2 Å². The van der Waals surface area contributed by atoms with Crippen LogP contribution in [-0.2, 0) is 4.74 Å². The van der Waals surface area contributed by atoms with Crippen LogP contribution in [0.25, 0.3) is 22.1 Å². The molecule has 2 aromatic carbocycles. The molecule has 0 atom stereocenters. The Bertz CT molecular complexity index is 1070. The van der Waals surface area contributed by atoms with Gasteiger partial charge in [-0.2, -0.15) is 0 Å². The van der Waals surface area contributed by atoms with Crippen LogP contribution in [0.1, 0.15) is 27.7 Å². The van der Waals surface area contributed by atoms with Crippen molar-refractivity contribution in [2.45, 2.75) is 33.3 Å². The van der Waals surface area contributed by atoms with Crippen LogP contribution in [0.2, 0.25) is 0 Å². The van der Waals surface area contributed by atoms with Crippen molar-refractivity contribution in [3.63, 3.8) is 0 Å². The second-order valence-electron chi connectivity index (χ2n) is 7.34. The van der Waals surface area contributed by atoms with Gasteiger partial charge in [-0.1, -0.05) is 46.3 Å². The zero-order valence-corrected chi connectivity index (χ0v) is 17.9. The number of hydrogen-bond acceptors (Lipinski definition) is 4. The fourth-order valence-electron chi connectivity index (χ4n) is 2.88. The molecule has 3 aromatic rings. The number of anilines is 1. The second kappa shape index (κ2) is 7.80. The number of halogens is 1. The number of ether oxygens (including phenoxy) is 1. The minimum atomic E-state index is -0.667. The topological polar surface area (TPSA) is 59.8 Å². The molecule has 0 N–H and O–H groups in total. The first-order valence-electron chi connectivity index (χ1n) is 9.03. The number of benzene rings is 2. The van der Waals surface area contributed by atoms with E-state index >= 15 is 0 Å². The highest BCUT2D eigenvalue weighted by molar-refractivity contribution is 9.10. The van der Waals surface area contributed by atoms with Crippen LogP contribution >= 0.6 is 15.9 Å². The van der Waals surface area contributed by atoms with E-state index in [1.54, 1.807) is 39.0 Å². The first-order chi connectivity index (χ1) is 13.2. The molecule has 0 spiro atoms. The third-order valence-corrected chi connectivity index (χ3v) is 4.56. The summed E-state index contributed by atoms with van der Waals surface area (Å²) in [6.45, 7) is 7.49. The molecule has 28 heavy (non-hydrogen) atoms. The molecule has 0 aliphatic carbocycles. The first-order valence-corrected chi connectivity index (χ1v) is 9.83. The lowest BCUT2D eigenvalue weighted by atomic mass is 10.0. The highest BCUT2D eigenvalue weighted by atomic mass is 79.9. The summed E-state index contributed by atoms with van der Waals surface area (Å²) in [4.78, 5) is 27.5. The molecule has 1 amide bonds. The Morgan fingerprint density at radius 2 is 1.82 bits per heavy atom. The van der Waals surface area contributed by atoms with Crippen LogP contribution in [0.3, 0.4) is 0 Å². The van der Waals surface area contributed by atoms with Crippen LogP contribution in [-0.4, -0.2) is 18.2 Å². The van der Waals surface area contributed by atoms with E-state index in [9.17, 15) is 9.59 Å². The summed E-state index contributed by atoms with van der Waals surface area (Å²) in [5.74, 6) is 0.183. The molecular weight excluding hydrogens is 422 g/mol. The van der Waals surface area contributed by atoms with E-state index in [-0.39, 0.29) is 11.3 Å². The zero-order chi connectivity index (χ0) is 20.5. The number of carbonyl (C=O) groups is 1. The Labute approximate surface area is 172 Å². The Morgan fingerprint density at radius 1 is 1.14 bits per heavy atom. The monoisotopic (exact) mass is 443 g/mol. The molecule has 0 bridgehead atoms. The van der Waals surface area contributed by atoms with Gasteiger partial charge >= 0.3 is 6.09 Å². The smallest absolute Gasteiger partial charge is 0.417 e. The Balaban J connectivity index is 2.29. The van der Waals surface area contributed by atoms with Crippen molar-refractivity contribution in [3.8, 4) is 11.1 Å². The summed E-state index contributed by atoms with van der Waals surface area (Å²) in [6.07, 6.45) is -0.563. The predicted octanol–water partition coefficient (Wildman–Crippen LogP) is 5.98. The molecule has 1 aromatic heterocycles. The molecule has 0 fully saturated rings. The molecular formula is C22H22BrNO4. The van der Waals surface area contributed by atoms with E-state index in [1.165, 1.54) is 4.90 Å². The molecule has 0 radical (unpaired) electrons. The van der Waals surface area contributed by atoms with Gasteiger partial charge in [0.15, 0.2) is 0 Å². The van der Waals surface area contributed by atoms with Gasteiger partial charge in [-0.05, 0) is 51.5 Å². The zero-order valence-electron chi connectivity index (χ0n) is 16.3. The average Bonchev–Trinajstić information content (AvgIpc) is 2.62. The van der Waals surface area contributed by atoms with Gasteiger partial charge in [-0.15, -0.1) is 0 Å². The molecule has 3 rings (SSSR count). The van der Waals surface area contributed by atoms with Gasteiger partial charge in [0.2, 0.25) is 11.3 Å². The SMILES string of the molecule is CCN(C(=O)OC(C)(C)C)c1oc2ccc(Br)cc2c(=O)c1-c1ccccc1. The van der Waals surface area contributed by atoms with Gasteiger partial charge < -0.3 is 9.15 Å². The van der Waals surface area contributed by atoms with Crippen molar-refractivity contribution in [1.82, 2.24) is 0 Å². The maximum atomic E-state index is 13.4. The Hall–Kier alpha value is -2.60. The largest absolute Gasteiger partial charge is 0.443 e. The Kier molecular flexibility index (Phi) is 5.61. The minimum absolute atomic E-state index is 0.183. The van der Waals surface area contributed by atoms with Gasteiger partial charge in [0.05, 0.1) is 10.9 Å². The molecule has 0 saturated carbocycles. The number of nitrogens with zero attached hydrogens (tertiary/aromatic N) is 1. The van der Waals surface area contributed by atoms with Gasteiger partial charge in [0.25, 0.3) is 0 Å². The van der Waals surface area contributed by atoms with E-state index in [4.69, 9.17) is 9.15 Å². The van der Waals surface area contributed by atoms with Crippen LogP contribution in [0.4, 0.5) is 10.7 Å². The normalized spacial score (nSPS) is 11.5. The molecule has 1 heterocycles. The fourth-order valence-corrected chi connectivity index (χ4v) is 3.24. The van der Waals surface area contributed by atoms with Crippen LogP contribution < -0.4 is 10.3 Å². The number of amides is 1. The number of carbonyl (C=O) groups excluding carboxylic acids is 1. The van der Waals surface area contributed by atoms with Gasteiger partial charge in [-0.3, -0.25) is 4.79 Å². The standard InChI is InChI=1S/C22H22BrNO4/c1-5-24(21(26)28-22(2,3)4)20-18(14-9-7-6-8-10-14)19(25)16-13-15(23)11-12-17(16)27-20/h6-13H,5H2,1-4H3. The maximum Gasteiger partial charge on any atom is 0.417 e. The van der Waals surface area contributed by atoms with E-state index in [0.29, 0.717) is 28.6 Å². The van der Waals surface area contributed by atoms with Crippen molar-refractivity contribution in [3.05, 3.63) is 63.2 Å².